The second-order valence-electron chi connectivity index (χ2n) is 5.20. The molecule has 0 N–H and O–H groups in total. The van der Waals surface area contributed by atoms with Gasteiger partial charge in [-0.2, -0.15) is 5.10 Å². The van der Waals surface area contributed by atoms with E-state index in [1.165, 1.54) is 25.7 Å². The Morgan fingerprint density at radius 3 is 2.43 bits per heavy atom. The molecule has 1 heterocycles. The van der Waals surface area contributed by atoms with Gasteiger partial charge < -0.3 is 0 Å². The normalized spacial score (nSPS) is 19.1. The van der Waals surface area contributed by atoms with Crippen molar-refractivity contribution < 1.29 is 0 Å². The standard InChI is InChI=1S/C11H19N3/c1-11(2,3)14-8-12-10(13-14)9-6-4-5-7-9/h8-9H,4-7H2,1-3H3. The highest BCUT2D eigenvalue weighted by Crippen LogP contribution is 2.32. The maximum absolute atomic E-state index is 4.57. The Kier molecular flexibility index (Phi) is 2.33. The molecule has 1 aliphatic rings. The minimum Gasteiger partial charge on any atom is -0.247 e. The fourth-order valence-corrected chi connectivity index (χ4v) is 1.97. The molecule has 1 aliphatic carbocycles. The van der Waals surface area contributed by atoms with Gasteiger partial charge in [0, 0.05) is 5.92 Å². The summed E-state index contributed by atoms with van der Waals surface area (Å²) < 4.78 is 1.97. The summed E-state index contributed by atoms with van der Waals surface area (Å²) in [6.45, 7) is 6.46. The minimum atomic E-state index is 0.0594. The molecule has 1 aromatic heterocycles. The number of nitrogens with zero attached hydrogens (tertiary/aromatic N) is 3. The molecule has 1 aromatic rings. The van der Waals surface area contributed by atoms with Gasteiger partial charge in [-0.1, -0.05) is 12.8 Å². The molecular formula is C11H19N3. The second kappa shape index (κ2) is 3.37. The lowest BCUT2D eigenvalue weighted by Gasteiger charge is -2.18. The van der Waals surface area contributed by atoms with Gasteiger partial charge in [-0.15, -0.1) is 0 Å². The minimum absolute atomic E-state index is 0.0594. The lowest BCUT2D eigenvalue weighted by Crippen LogP contribution is -2.22. The molecule has 0 radical (unpaired) electrons. The molecule has 2 rings (SSSR count). The molecule has 0 aliphatic heterocycles. The van der Waals surface area contributed by atoms with Gasteiger partial charge in [0.25, 0.3) is 0 Å². The van der Waals surface area contributed by atoms with Gasteiger partial charge in [0.15, 0.2) is 5.82 Å². The van der Waals surface area contributed by atoms with Gasteiger partial charge in [-0.3, -0.25) is 0 Å². The van der Waals surface area contributed by atoms with E-state index in [4.69, 9.17) is 0 Å². The van der Waals surface area contributed by atoms with Crippen LogP contribution in [0.15, 0.2) is 6.33 Å². The number of hydrogen-bond acceptors (Lipinski definition) is 2. The molecule has 78 valence electrons. The summed E-state index contributed by atoms with van der Waals surface area (Å²) in [5.74, 6) is 1.68. The highest BCUT2D eigenvalue weighted by molar-refractivity contribution is 4.97. The van der Waals surface area contributed by atoms with Crippen LogP contribution in [0.2, 0.25) is 0 Å². The summed E-state index contributed by atoms with van der Waals surface area (Å²) in [5, 5.41) is 4.57. The van der Waals surface area contributed by atoms with E-state index in [0.29, 0.717) is 5.92 Å². The fraction of sp³-hybridized carbons (Fsp3) is 0.818. The topological polar surface area (TPSA) is 30.7 Å². The number of rotatable bonds is 1. The first kappa shape index (κ1) is 9.69. The van der Waals surface area contributed by atoms with Gasteiger partial charge in [-0.25, -0.2) is 9.67 Å². The third-order valence-corrected chi connectivity index (χ3v) is 2.92. The predicted molar refractivity (Wildman–Crippen MR) is 56.2 cm³/mol. The van der Waals surface area contributed by atoms with Crippen molar-refractivity contribution in [1.29, 1.82) is 0 Å². The first-order valence-corrected chi connectivity index (χ1v) is 5.49. The van der Waals surface area contributed by atoms with E-state index < -0.39 is 0 Å². The van der Waals surface area contributed by atoms with Crippen LogP contribution in [-0.4, -0.2) is 14.8 Å². The Morgan fingerprint density at radius 2 is 1.93 bits per heavy atom. The zero-order valence-corrected chi connectivity index (χ0v) is 9.32. The molecule has 0 aromatic carbocycles. The Balaban J connectivity index is 2.17. The van der Waals surface area contributed by atoms with E-state index >= 15 is 0 Å². The highest BCUT2D eigenvalue weighted by Gasteiger charge is 2.22. The predicted octanol–water partition coefficient (Wildman–Crippen LogP) is 2.69. The Morgan fingerprint density at radius 1 is 1.29 bits per heavy atom. The van der Waals surface area contributed by atoms with Crippen LogP contribution in [0.1, 0.15) is 58.2 Å². The van der Waals surface area contributed by atoms with E-state index in [9.17, 15) is 0 Å². The summed E-state index contributed by atoms with van der Waals surface area (Å²) in [4.78, 5) is 4.42. The summed E-state index contributed by atoms with van der Waals surface area (Å²) >= 11 is 0. The average Bonchev–Trinajstić information content (AvgIpc) is 2.73. The first-order valence-electron chi connectivity index (χ1n) is 5.49. The average molecular weight is 193 g/mol. The Bertz CT molecular complexity index is 303. The number of aromatic nitrogens is 3. The van der Waals surface area contributed by atoms with Crippen molar-refractivity contribution in [3.8, 4) is 0 Å². The molecule has 3 heteroatoms. The molecule has 3 nitrogen and oxygen atoms in total. The molecule has 0 amide bonds. The smallest absolute Gasteiger partial charge is 0.153 e. The van der Waals surface area contributed by atoms with E-state index in [1.807, 2.05) is 11.0 Å². The Hall–Kier alpha value is -0.860. The summed E-state index contributed by atoms with van der Waals surface area (Å²) in [7, 11) is 0. The SMILES string of the molecule is CC(C)(C)n1cnc(C2CCCC2)n1. The van der Waals surface area contributed by atoms with Crippen molar-refractivity contribution >= 4 is 0 Å². The van der Waals surface area contributed by atoms with Crippen molar-refractivity contribution in [2.45, 2.75) is 57.9 Å². The van der Waals surface area contributed by atoms with Crippen molar-refractivity contribution in [2.24, 2.45) is 0 Å². The molecule has 0 bridgehead atoms. The monoisotopic (exact) mass is 193 g/mol. The highest BCUT2D eigenvalue weighted by atomic mass is 15.4. The quantitative estimate of drug-likeness (QED) is 0.686. The third kappa shape index (κ3) is 1.81. The van der Waals surface area contributed by atoms with Gasteiger partial charge >= 0.3 is 0 Å². The zero-order chi connectivity index (χ0) is 10.2. The van der Waals surface area contributed by atoms with Crippen LogP contribution in [0.25, 0.3) is 0 Å². The van der Waals surface area contributed by atoms with Crippen LogP contribution in [0, 0.1) is 0 Å². The van der Waals surface area contributed by atoms with Crippen molar-refractivity contribution in [3.05, 3.63) is 12.2 Å². The lowest BCUT2D eigenvalue weighted by molar-refractivity contribution is 0.351. The summed E-state index contributed by atoms with van der Waals surface area (Å²) in [5.41, 5.74) is 0.0594. The van der Waals surface area contributed by atoms with Gasteiger partial charge in [0.05, 0.1) is 5.54 Å². The van der Waals surface area contributed by atoms with Crippen LogP contribution in [0.3, 0.4) is 0 Å². The molecule has 0 atom stereocenters. The number of hydrogen-bond donors (Lipinski definition) is 0. The van der Waals surface area contributed by atoms with Crippen molar-refractivity contribution in [3.63, 3.8) is 0 Å². The van der Waals surface area contributed by atoms with E-state index in [2.05, 4.69) is 30.9 Å². The van der Waals surface area contributed by atoms with Crippen LogP contribution in [0.4, 0.5) is 0 Å². The van der Waals surface area contributed by atoms with E-state index in [1.54, 1.807) is 0 Å². The molecule has 1 saturated carbocycles. The van der Waals surface area contributed by atoms with Gasteiger partial charge in [0.1, 0.15) is 6.33 Å². The van der Waals surface area contributed by atoms with E-state index in [0.717, 1.165) is 5.82 Å². The van der Waals surface area contributed by atoms with Crippen LogP contribution < -0.4 is 0 Å². The van der Waals surface area contributed by atoms with Crippen LogP contribution in [-0.2, 0) is 5.54 Å². The lowest BCUT2D eigenvalue weighted by atomic mass is 10.1. The zero-order valence-electron chi connectivity index (χ0n) is 9.32. The van der Waals surface area contributed by atoms with Crippen molar-refractivity contribution in [1.82, 2.24) is 14.8 Å². The summed E-state index contributed by atoms with van der Waals surface area (Å²) in [6, 6.07) is 0. The maximum Gasteiger partial charge on any atom is 0.153 e. The van der Waals surface area contributed by atoms with Crippen LogP contribution >= 0.6 is 0 Å². The van der Waals surface area contributed by atoms with Crippen LogP contribution in [0.5, 0.6) is 0 Å². The fourth-order valence-electron chi connectivity index (χ4n) is 1.97. The molecule has 14 heavy (non-hydrogen) atoms. The largest absolute Gasteiger partial charge is 0.247 e. The van der Waals surface area contributed by atoms with Crippen molar-refractivity contribution in [2.75, 3.05) is 0 Å². The molecular weight excluding hydrogens is 174 g/mol. The first-order chi connectivity index (χ1) is 6.57. The second-order valence-corrected chi connectivity index (χ2v) is 5.20. The third-order valence-electron chi connectivity index (χ3n) is 2.92. The maximum atomic E-state index is 4.57. The molecule has 0 saturated heterocycles. The molecule has 0 unspecified atom stereocenters. The summed E-state index contributed by atoms with van der Waals surface area (Å²) in [6.07, 6.45) is 7.10. The molecule has 0 spiro atoms. The Labute approximate surface area is 85.5 Å². The molecule has 1 fully saturated rings. The van der Waals surface area contributed by atoms with E-state index in [-0.39, 0.29) is 5.54 Å². The van der Waals surface area contributed by atoms with Gasteiger partial charge in [0.2, 0.25) is 0 Å². The van der Waals surface area contributed by atoms with Gasteiger partial charge in [-0.05, 0) is 33.6 Å².